The molecule has 2 unspecified atom stereocenters. The molecule has 3 aliphatic rings. The average Bonchev–Trinajstić information content (AvgIpc) is 2.74. The number of hydrogen-bond donors (Lipinski definition) is 0. The van der Waals surface area contributed by atoms with Crippen molar-refractivity contribution in [2.45, 2.75) is 63.0 Å². The fraction of sp³-hybridized carbons (Fsp3) is 0.857. The maximum Gasteiger partial charge on any atom is 0.291 e. The summed E-state index contributed by atoms with van der Waals surface area (Å²) in [5, 5.41) is -0.0422. The monoisotopic (exact) mass is 315 g/mol. The van der Waals surface area contributed by atoms with Gasteiger partial charge in [-0.1, -0.05) is 32.1 Å². The zero-order valence-electron chi connectivity index (χ0n) is 12.0. The minimum Gasteiger partial charge on any atom is -0.272 e. The van der Waals surface area contributed by atoms with Crippen molar-refractivity contribution in [2.24, 2.45) is 11.8 Å². The van der Waals surface area contributed by atoms with Gasteiger partial charge in [0.05, 0.1) is 17.1 Å². The molecule has 2 saturated carbocycles. The number of hydrogen-bond acceptors (Lipinski definition) is 5. The summed E-state index contributed by atoms with van der Waals surface area (Å²) in [5.41, 5.74) is 0. The second-order valence-electron chi connectivity index (χ2n) is 6.30. The van der Waals surface area contributed by atoms with Crippen molar-refractivity contribution in [3.05, 3.63) is 0 Å². The molecule has 1 saturated heterocycles. The Bertz CT molecular complexity index is 514. The number of imide groups is 1. The van der Waals surface area contributed by atoms with Crippen LogP contribution in [0.4, 0.5) is 0 Å². The first-order valence-corrected chi connectivity index (χ1v) is 9.29. The third kappa shape index (κ3) is 2.73. The molecule has 0 aromatic heterocycles. The van der Waals surface area contributed by atoms with E-state index in [4.69, 9.17) is 4.28 Å². The van der Waals surface area contributed by atoms with Crippen molar-refractivity contribution in [2.75, 3.05) is 0 Å². The molecule has 0 N–H and O–H groups in total. The molecule has 118 valence electrons. The Kier molecular flexibility index (Phi) is 4.05. The topological polar surface area (TPSA) is 80.8 Å². The first kappa shape index (κ1) is 15.0. The number of fused-ring (bicyclic) bond motifs is 1. The van der Waals surface area contributed by atoms with E-state index >= 15 is 0 Å². The molecule has 21 heavy (non-hydrogen) atoms. The van der Waals surface area contributed by atoms with Crippen LogP contribution < -0.4 is 0 Å². The minimum absolute atomic E-state index is 0.382. The van der Waals surface area contributed by atoms with Crippen molar-refractivity contribution in [3.63, 3.8) is 0 Å². The normalized spacial score (nSPS) is 31.5. The van der Waals surface area contributed by atoms with E-state index in [0.29, 0.717) is 30.7 Å². The molecular formula is C14H21NO5S. The molecule has 3 fully saturated rings. The minimum atomic E-state index is -3.89. The predicted molar refractivity (Wildman–Crippen MR) is 74.2 cm³/mol. The Hall–Kier alpha value is -0.950. The maximum absolute atomic E-state index is 12.3. The van der Waals surface area contributed by atoms with Crippen LogP contribution in [0, 0.1) is 11.8 Å². The smallest absolute Gasteiger partial charge is 0.272 e. The molecule has 3 rings (SSSR count). The SMILES string of the molecule is O=C1C2CCCCC2C(=O)N1OS(=O)(=O)C1CCCCC1. The summed E-state index contributed by atoms with van der Waals surface area (Å²) < 4.78 is 29.5. The molecule has 7 heteroatoms. The van der Waals surface area contributed by atoms with Crippen LogP contribution in [0.25, 0.3) is 0 Å². The van der Waals surface area contributed by atoms with Crippen LogP contribution in [0.2, 0.25) is 0 Å². The van der Waals surface area contributed by atoms with Crippen LogP contribution in [0.1, 0.15) is 57.8 Å². The number of amides is 2. The highest BCUT2D eigenvalue weighted by Gasteiger charge is 2.51. The number of hydroxylamine groups is 2. The van der Waals surface area contributed by atoms with Crippen LogP contribution in [0.5, 0.6) is 0 Å². The van der Waals surface area contributed by atoms with Gasteiger partial charge in [0.2, 0.25) is 0 Å². The van der Waals surface area contributed by atoms with Crippen molar-refractivity contribution < 1.29 is 22.3 Å². The van der Waals surface area contributed by atoms with Gasteiger partial charge in [-0.3, -0.25) is 9.59 Å². The van der Waals surface area contributed by atoms with Gasteiger partial charge in [0, 0.05) is 0 Å². The Labute approximate surface area is 124 Å². The van der Waals surface area contributed by atoms with Gasteiger partial charge in [0.25, 0.3) is 21.9 Å². The molecule has 2 atom stereocenters. The first-order chi connectivity index (χ1) is 10.0. The van der Waals surface area contributed by atoms with Crippen LogP contribution in [-0.2, 0) is 24.0 Å². The summed E-state index contributed by atoms with van der Waals surface area (Å²) in [6, 6.07) is 0. The highest BCUT2D eigenvalue weighted by Crippen LogP contribution is 2.39. The van der Waals surface area contributed by atoms with Gasteiger partial charge in [-0.2, -0.15) is 8.42 Å². The van der Waals surface area contributed by atoms with Gasteiger partial charge in [-0.25, -0.2) is 0 Å². The number of carbonyl (C=O) groups is 2. The van der Waals surface area contributed by atoms with Crippen LogP contribution >= 0.6 is 0 Å². The Balaban J connectivity index is 1.74. The molecule has 0 aromatic rings. The molecule has 1 aliphatic heterocycles. The van der Waals surface area contributed by atoms with E-state index < -0.39 is 27.2 Å². The van der Waals surface area contributed by atoms with E-state index in [0.717, 1.165) is 32.1 Å². The highest BCUT2D eigenvalue weighted by molar-refractivity contribution is 7.87. The zero-order valence-corrected chi connectivity index (χ0v) is 12.8. The molecule has 6 nitrogen and oxygen atoms in total. The van der Waals surface area contributed by atoms with E-state index in [9.17, 15) is 18.0 Å². The number of nitrogens with zero attached hydrogens (tertiary/aromatic N) is 1. The largest absolute Gasteiger partial charge is 0.291 e. The summed E-state index contributed by atoms with van der Waals surface area (Å²) in [6.07, 6.45) is 6.93. The standard InChI is InChI=1S/C14H21NO5S/c16-13-11-8-4-5-9-12(11)14(17)15(13)20-21(18,19)10-6-2-1-3-7-10/h10-12H,1-9H2. The Morgan fingerprint density at radius 3 is 1.81 bits per heavy atom. The van der Waals surface area contributed by atoms with Crippen molar-refractivity contribution >= 4 is 21.9 Å². The van der Waals surface area contributed by atoms with Gasteiger partial charge in [0.15, 0.2) is 0 Å². The quantitative estimate of drug-likeness (QED) is 0.741. The molecule has 2 aliphatic carbocycles. The van der Waals surface area contributed by atoms with Crippen LogP contribution in [-0.4, -0.2) is 30.5 Å². The second-order valence-corrected chi connectivity index (χ2v) is 8.10. The van der Waals surface area contributed by atoms with Crippen molar-refractivity contribution in [3.8, 4) is 0 Å². The van der Waals surface area contributed by atoms with Crippen LogP contribution in [0.3, 0.4) is 0 Å². The van der Waals surface area contributed by atoms with Gasteiger partial charge in [0.1, 0.15) is 0 Å². The van der Waals surface area contributed by atoms with E-state index in [2.05, 4.69) is 0 Å². The van der Waals surface area contributed by atoms with Gasteiger partial charge in [-0.05, 0) is 25.7 Å². The van der Waals surface area contributed by atoms with Gasteiger partial charge >= 0.3 is 0 Å². The van der Waals surface area contributed by atoms with E-state index in [1.54, 1.807) is 0 Å². The summed E-state index contributed by atoms with van der Waals surface area (Å²) in [4.78, 5) is 24.5. The average molecular weight is 315 g/mol. The molecule has 0 aromatic carbocycles. The van der Waals surface area contributed by atoms with Gasteiger partial charge in [-0.15, -0.1) is 9.35 Å². The fourth-order valence-electron chi connectivity index (χ4n) is 3.72. The van der Waals surface area contributed by atoms with Crippen molar-refractivity contribution in [1.29, 1.82) is 0 Å². The summed E-state index contributed by atoms with van der Waals surface area (Å²) in [7, 11) is -3.89. The third-order valence-corrected chi connectivity index (χ3v) is 6.58. The lowest BCUT2D eigenvalue weighted by atomic mass is 9.81. The molecule has 1 heterocycles. The fourth-order valence-corrected chi connectivity index (χ4v) is 5.11. The molecule has 0 bridgehead atoms. The molecule has 0 radical (unpaired) electrons. The van der Waals surface area contributed by atoms with E-state index in [1.165, 1.54) is 0 Å². The Morgan fingerprint density at radius 1 is 0.810 bits per heavy atom. The van der Waals surface area contributed by atoms with Gasteiger partial charge < -0.3 is 0 Å². The number of rotatable bonds is 3. The lowest BCUT2D eigenvalue weighted by molar-refractivity contribution is -0.165. The summed E-state index contributed by atoms with van der Waals surface area (Å²) in [6.45, 7) is 0. The molecular weight excluding hydrogens is 294 g/mol. The van der Waals surface area contributed by atoms with E-state index in [1.807, 2.05) is 0 Å². The molecule has 2 amide bonds. The first-order valence-electron chi connectivity index (χ1n) is 7.82. The third-order valence-electron chi connectivity index (χ3n) is 4.94. The predicted octanol–water partition coefficient (Wildman–Crippen LogP) is 1.76. The lowest BCUT2D eigenvalue weighted by Crippen LogP contribution is -2.38. The number of carbonyl (C=O) groups excluding carboxylic acids is 2. The summed E-state index contributed by atoms with van der Waals surface area (Å²) >= 11 is 0. The van der Waals surface area contributed by atoms with Crippen molar-refractivity contribution in [1.82, 2.24) is 5.06 Å². The second kappa shape index (κ2) is 5.68. The zero-order chi connectivity index (χ0) is 15.0. The summed E-state index contributed by atoms with van der Waals surface area (Å²) in [5.74, 6) is -1.70. The van der Waals surface area contributed by atoms with E-state index in [-0.39, 0.29) is 11.8 Å². The highest BCUT2D eigenvalue weighted by atomic mass is 32.2. The van der Waals surface area contributed by atoms with Crippen LogP contribution in [0.15, 0.2) is 0 Å². The lowest BCUT2D eigenvalue weighted by Gasteiger charge is -2.23. The molecule has 0 spiro atoms. The Morgan fingerprint density at radius 2 is 1.29 bits per heavy atom. The maximum atomic E-state index is 12.3.